The number of ether oxygens (including phenoxy) is 1. The molecule has 0 radical (unpaired) electrons. The molecule has 3 rings (SSSR count). The molecule has 2 N–H and O–H groups in total. The van der Waals surface area contributed by atoms with Crippen molar-refractivity contribution in [3.05, 3.63) is 54.4 Å². The number of nitrogens with two attached hydrogens (primary N) is 1. The first-order valence-electron chi connectivity index (χ1n) is 6.71. The van der Waals surface area contributed by atoms with Crippen LogP contribution in [-0.2, 0) is 6.54 Å². The summed E-state index contributed by atoms with van der Waals surface area (Å²) < 4.78 is 7.45. The van der Waals surface area contributed by atoms with Crippen molar-refractivity contribution in [1.29, 1.82) is 0 Å². The molecule has 0 aliphatic heterocycles. The monoisotopic (exact) mass is 267 g/mol. The van der Waals surface area contributed by atoms with Crippen molar-refractivity contribution in [3.63, 3.8) is 0 Å². The second kappa shape index (κ2) is 5.35. The number of hydrogen-bond acceptors (Lipinski definition) is 3. The van der Waals surface area contributed by atoms with Gasteiger partial charge in [-0.15, -0.1) is 0 Å². The average Bonchev–Trinajstić information content (AvgIpc) is 2.91. The molecule has 4 nitrogen and oxygen atoms in total. The van der Waals surface area contributed by atoms with Crippen molar-refractivity contribution in [2.24, 2.45) is 5.73 Å². The summed E-state index contributed by atoms with van der Waals surface area (Å²) in [6.07, 6.45) is 4.03. The predicted molar refractivity (Wildman–Crippen MR) is 79.7 cm³/mol. The molecule has 0 aliphatic rings. The summed E-state index contributed by atoms with van der Waals surface area (Å²) in [5, 5.41) is 0. The zero-order chi connectivity index (χ0) is 13.9. The van der Waals surface area contributed by atoms with E-state index < -0.39 is 0 Å². The van der Waals surface area contributed by atoms with Gasteiger partial charge in [0.05, 0.1) is 12.3 Å². The second-order valence-corrected chi connectivity index (χ2v) is 4.59. The number of rotatable bonds is 4. The highest BCUT2D eigenvalue weighted by Crippen LogP contribution is 2.22. The molecular weight excluding hydrogens is 250 g/mol. The number of hydrogen-bond donors (Lipinski definition) is 1. The van der Waals surface area contributed by atoms with Gasteiger partial charge in [-0.2, -0.15) is 0 Å². The molecule has 1 aromatic carbocycles. The molecule has 0 saturated carbocycles. The van der Waals surface area contributed by atoms with Crippen LogP contribution < -0.4 is 10.5 Å². The van der Waals surface area contributed by atoms with Crippen LogP contribution in [0.3, 0.4) is 0 Å². The number of pyridine rings is 1. The van der Waals surface area contributed by atoms with Gasteiger partial charge in [-0.25, -0.2) is 4.98 Å². The Morgan fingerprint density at radius 3 is 2.60 bits per heavy atom. The summed E-state index contributed by atoms with van der Waals surface area (Å²) in [7, 11) is 0. The van der Waals surface area contributed by atoms with E-state index in [0.717, 1.165) is 28.2 Å². The molecule has 0 aliphatic carbocycles. The minimum atomic E-state index is 0.534. The number of imidazole rings is 1. The molecule has 0 bridgehead atoms. The first kappa shape index (κ1) is 12.7. The van der Waals surface area contributed by atoms with Gasteiger partial charge in [-0.3, -0.25) is 0 Å². The summed E-state index contributed by atoms with van der Waals surface area (Å²) in [6, 6.07) is 12.0. The first-order chi connectivity index (χ1) is 9.80. The van der Waals surface area contributed by atoms with Gasteiger partial charge < -0.3 is 14.9 Å². The zero-order valence-corrected chi connectivity index (χ0v) is 11.4. The molecule has 2 aromatic heterocycles. The Balaban J connectivity index is 1.96. The first-order valence-corrected chi connectivity index (χ1v) is 6.71. The van der Waals surface area contributed by atoms with E-state index in [9.17, 15) is 0 Å². The van der Waals surface area contributed by atoms with Crippen LogP contribution in [0, 0.1) is 0 Å². The second-order valence-electron chi connectivity index (χ2n) is 4.59. The Morgan fingerprint density at radius 2 is 1.90 bits per heavy atom. The molecule has 102 valence electrons. The number of fused-ring (bicyclic) bond motifs is 1. The van der Waals surface area contributed by atoms with Crippen molar-refractivity contribution < 1.29 is 4.74 Å². The zero-order valence-electron chi connectivity index (χ0n) is 11.4. The number of benzene rings is 1. The third-order valence-corrected chi connectivity index (χ3v) is 3.21. The highest BCUT2D eigenvalue weighted by Gasteiger charge is 2.05. The molecule has 0 spiro atoms. The molecule has 0 atom stereocenters. The fourth-order valence-electron chi connectivity index (χ4n) is 2.19. The third kappa shape index (κ3) is 2.38. The van der Waals surface area contributed by atoms with Gasteiger partial charge in [-0.05, 0) is 42.8 Å². The summed E-state index contributed by atoms with van der Waals surface area (Å²) in [5.74, 6) is 0.880. The van der Waals surface area contributed by atoms with Crippen LogP contribution in [0.1, 0.15) is 12.5 Å². The third-order valence-electron chi connectivity index (χ3n) is 3.21. The van der Waals surface area contributed by atoms with E-state index in [1.165, 1.54) is 0 Å². The van der Waals surface area contributed by atoms with Crippen LogP contribution in [-0.4, -0.2) is 16.0 Å². The lowest BCUT2D eigenvalue weighted by atomic mass is 10.2. The standard InChI is InChI=1S/C16H17N3O/c1-2-20-14-6-4-13(5-7-14)15-11-19-10-12(9-17)3-8-16(19)18-15/h3-8,10-11H,2,9,17H2,1H3. The molecule has 0 fully saturated rings. The Morgan fingerprint density at radius 1 is 1.10 bits per heavy atom. The van der Waals surface area contributed by atoms with Crippen LogP contribution in [0.25, 0.3) is 16.9 Å². The van der Waals surface area contributed by atoms with Gasteiger partial charge in [0.25, 0.3) is 0 Å². The fourth-order valence-corrected chi connectivity index (χ4v) is 2.19. The molecule has 0 saturated heterocycles. The molecule has 2 heterocycles. The Hall–Kier alpha value is -2.33. The lowest BCUT2D eigenvalue weighted by molar-refractivity contribution is 0.340. The van der Waals surface area contributed by atoms with Gasteiger partial charge in [0.1, 0.15) is 11.4 Å². The summed E-state index contributed by atoms with van der Waals surface area (Å²) in [5.41, 5.74) is 9.69. The van der Waals surface area contributed by atoms with Gasteiger partial charge in [-0.1, -0.05) is 6.07 Å². The minimum Gasteiger partial charge on any atom is -0.494 e. The molecule has 3 aromatic rings. The van der Waals surface area contributed by atoms with Crippen LogP contribution in [0.5, 0.6) is 5.75 Å². The van der Waals surface area contributed by atoms with E-state index in [4.69, 9.17) is 10.5 Å². The van der Waals surface area contributed by atoms with Crippen molar-refractivity contribution in [2.75, 3.05) is 6.61 Å². The van der Waals surface area contributed by atoms with Gasteiger partial charge in [0.15, 0.2) is 0 Å². The van der Waals surface area contributed by atoms with E-state index in [-0.39, 0.29) is 0 Å². The molecule has 0 amide bonds. The lowest BCUT2D eigenvalue weighted by Crippen LogP contribution is -1.97. The van der Waals surface area contributed by atoms with Crippen LogP contribution >= 0.6 is 0 Å². The molecular formula is C16H17N3O. The maximum atomic E-state index is 5.66. The highest BCUT2D eigenvalue weighted by atomic mass is 16.5. The number of aromatic nitrogens is 2. The predicted octanol–water partition coefficient (Wildman–Crippen LogP) is 2.86. The van der Waals surface area contributed by atoms with E-state index in [0.29, 0.717) is 13.2 Å². The SMILES string of the molecule is CCOc1ccc(-c2cn3cc(CN)ccc3n2)cc1. The Kier molecular flexibility index (Phi) is 3.39. The van der Waals surface area contributed by atoms with E-state index in [1.807, 2.05) is 60.1 Å². The van der Waals surface area contributed by atoms with E-state index in [1.54, 1.807) is 0 Å². The van der Waals surface area contributed by atoms with Crippen molar-refractivity contribution >= 4 is 5.65 Å². The molecule has 20 heavy (non-hydrogen) atoms. The van der Waals surface area contributed by atoms with Gasteiger partial charge >= 0.3 is 0 Å². The fraction of sp³-hybridized carbons (Fsp3) is 0.188. The van der Waals surface area contributed by atoms with Crippen LogP contribution in [0.15, 0.2) is 48.8 Å². The van der Waals surface area contributed by atoms with E-state index >= 15 is 0 Å². The Bertz CT molecular complexity index is 716. The largest absolute Gasteiger partial charge is 0.494 e. The topological polar surface area (TPSA) is 52.5 Å². The van der Waals surface area contributed by atoms with Gasteiger partial charge in [0.2, 0.25) is 0 Å². The Labute approximate surface area is 117 Å². The smallest absolute Gasteiger partial charge is 0.137 e. The highest BCUT2D eigenvalue weighted by molar-refractivity contribution is 5.63. The summed E-state index contributed by atoms with van der Waals surface area (Å²) in [6.45, 7) is 3.19. The molecule has 4 heteroatoms. The maximum absolute atomic E-state index is 5.66. The van der Waals surface area contributed by atoms with Crippen molar-refractivity contribution in [1.82, 2.24) is 9.38 Å². The van der Waals surface area contributed by atoms with Crippen molar-refractivity contribution in [3.8, 4) is 17.0 Å². The minimum absolute atomic E-state index is 0.534. The van der Waals surface area contributed by atoms with Gasteiger partial charge in [0, 0.05) is 24.5 Å². The molecule has 0 unspecified atom stereocenters. The van der Waals surface area contributed by atoms with Crippen LogP contribution in [0.4, 0.5) is 0 Å². The summed E-state index contributed by atoms with van der Waals surface area (Å²) >= 11 is 0. The maximum Gasteiger partial charge on any atom is 0.137 e. The average molecular weight is 267 g/mol. The lowest BCUT2D eigenvalue weighted by Gasteiger charge is -2.02. The normalized spacial score (nSPS) is 10.9. The van der Waals surface area contributed by atoms with E-state index in [2.05, 4.69) is 4.98 Å². The van der Waals surface area contributed by atoms with Crippen LogP contribution in [0.2, 0.25) is 0 Å². The number of nitrogens with zero attached hydrogens (tertiary/aromatic N) is 2. The van der Waals surface area contributed by atoms with Crippen molar-refractivity contribution in [2.45, 2.75) is 13.5 Å². The summed E-state index contributed by atoms with van der Waals surface area (Å²) in [4.78, 5) is 4.62. The quantitative estimate of drug-likeness (QED) is 0.790.